The minimum Gasteiger partial charge on any atom is -0.481 e. The van der Waals surface area contributed by atoms with E-state index in [1.807, 2.05) is 26.0 Å². The van der Waals surface area contributed by atoms with Crippen LogP contribution in [0.25, 0.3) is 0 Å². The predicted molar refractivity (Wildman–Crippen MR) is 94.2 cm³/mol. The molecule has 2 aromatic rings. The zero-order valence-electron chi connectivity index (χ0n) is 14.8. The Bertz CT molecular complexity index is 850. The van der Waals surface area contributed by atoms with Gasteiger partial charge in [0.05, 0.1) is 0 Å². The molecular weight excluding hydrogens is 336 g/mol. The molecule has 1 aliphatic heterocycles. The molecule has 0 saturated carbocycles. The SMILES string of the molecule is Cc1cccc(O[C@H](C)C(=O)NNC(=O)c2ccc3c(c2)OCO3)c1C. The maximum Gasteiger partial charge on any atom is 0.279 e. The molecule has 1 heterocycles. The topological polar surface area (TPSA) is 85.9 Å². The number of carbonyl (C=O) groups is 2. The molecule has 7 heteroatoms. The summed E-state index contributed by atoms with van der Waals surface area (Å²) < 4.78 is 16.1. The second-order valence-corrected chi connectivity index (χ2v) is 5.97. The molecule has 26 heavy (non-hydrogen) atoms. The molecule has 0 aliphatic carbocycles. The van der Waals surface area contributed by atoms with E-state index in [4.69, 9.17) is 14.2 Å². The maximum absolute atomic E-state index is 12.2. The summed E-state index contributed by atoms with van der Waals surface area (Å²) in [5, 5.41) is 0. The minimum atomic E-state index is -0.771. The van der Waals surface area contributed by atoms with Crippen molar-refractivity contribution in [1.82, 2.24) is 10.9 Å². The van der Waals surface area contributed by atoms with Crippen molar-refractivity contribution in [1.29, 1.82) is 0 Å². The van der Waals surface area contributed by atoms with Crippen molar-refractivity contribution in [3.63, 3.8) is 0 Å². The predicted octanol–water partition coefficient (Wildman–Crippen LogP) is 2.26. The van der Waals surface area contributed by atoms with E-state index in [0.717, 1.165) is 11.1 Å². The van der Waals surface area contributed by atoms with E-state index in [2.05, 4.69) is 10.9 Å². The highest BCUT2D eigenvalue weighted by Crippen LogP contribution is 2.32. The molecule has 0 spiro atoms. The Kier molecular flexibility index (Phi) is 4.97. The molecule has 0 saturated heterocycles. The summed E-state index contributed by atoms with van der Waals surface area (Å²) in [6.45, 7) is 5.64. The third kappa shape index (κ3) is 3.72. The normalized spacial score (nSPS) is 13.0. The molecule has 3 rings (SSSR count). The maximum atomic E-state index is 12.2. The van der Waals surface area contributed by atoms with E-state index in [9.17, 15) is 9.59 Å². The van der Waals surface area contributed by atoms with E-state index in [1.54, 1.807) is 31.2 Å². The van der Waals surface area contributed by atoms with Gasteiger partial charge in [0.2, 0.25) is 6.79 Å². The van der Waals surface area contributed by atoms with Crippen LogP contribution in [-0.4, -0.2) is 24.7 Å². The van der Waals surface area contributed by atoms with Crippen LogP contribution in [0, 0.1) is 13.8 Å². The van der Waals surface area contributed by atoms with Gasteiger partial charge in [0.1, 0.15) is 5.75 Å². The fourth-order valence-electron chi connectivity index (χ4n) is 2.43. The number of hydrazine groups is 1. The lowest BCUT2D eigenvalue weighted by atomic mass is 10.1. The van der Waals surface area contributed by atoms with Crippen LogP contribution in [0.1, 0.15) is 28.4 Å². The van der Waals surface area contributed by atoms with Crippen LogP contribution in [-0.2, 0) is 4.79 Å². The van der Waals surface area contributed by atoms with Gasteiger partial charge < -0.3 is 14.2 Å². The molecule has 0 fully saturated rings. The van der Waals surface area contributed by atoms with Crippen molar-refractivity contribution >= 4 is 11.8 Å². The summed E-state index contributed by atoms with van der Waals surface area (Å²) >= 11 is 0. The second-order valence-electron chi connectivity index (χ2n) is 5.97. The summed E-state index contributed by atoms with van der Waals surface area (Å²) in [5.41, 5.74) is 7.12. The van der Waals surface area contributed by atoms with Gasteiger partial charge in [-0.1, -0.05) is 12.1 Å². The molecule has 2 aromatic carbocycles. The Morgan fingerprint density at radius 3 is 2.65 bits per heavy atom. The number of amides is 2. The van der Waals surface area contributed by atoms with Gasteiger partial charge in [0, 0.05) is 5.56 Å². The highest BCUT2D eigenvalue weighted by atomic mass is 16.7. The highest BCUT2D eigenvalue weighted by molar-refractivity contribution is 5.96. The van der Waals surface area contributed by atoms with Crippen LogP contribution in [0.5, 0.6) is 17.2 Å². The van der Waals surface area contributed by atoms with E-state index < -0.39 is 17.9 Å². The van der Waals surface area contributed by atoms with Crippen molar-refractivity contribution in [3.05, 3.63) is 53.1 Å². The summed E-state index contributed by atoms with van der Waals surface area (Å²) in [6.07, 6.45) is -0.771. The van der Waals surface area contributed by atoms with Gasteiger partial charge in [0.25, 0.3) is 11.8 Å². The fourth-order valence-corrected chi connectivity index (χ4v) is 2.43. The van der Waals surface area contributed by atoms with Crippen molar-refractivity contribution in [2.75, 3.05) is 6.79 Å². The zero-order valence-corrected chi connectivity index (χ0v) is 14.8. The largest absolute Gasteiger partial charge is 0.481 e. The summed E-state index contributed by atoms with van der Waals surface area (Å²) in [6, 6.07) is 10.4. The van der Waals surface area contributed by atoms with E-state index in [0.29, 0.717) is 22.8 Å². The number of fused-ring (bicyclic) bond motifs is 1. The minimum absolute atomic E-state index is 0.129. The molecular formula is C19H20N2O5. The number of ether oxygens (including phenoxy) is 3. The molecule has 0 bridgehead atoms. The van der Waals surface area contributed by atoms with Crippen molar-refractivity contribution < 1.29 is 23.8 Å². The third-order valence-electron chi connectivity index (χ3n) is 4.16. The fraction of sp³-hybridized carbons (Fsp3) is 0.263. The first kappa shape index (κ1) is 17.6. The van der Waals surface area contributed by atoms with Crippen molar-refractivity contribution in [2.24, 2.45) is 0 Å². The summed E-state index contributed by atoms with van der Waals surface area (Å²) in [7, 11) is 0. The smallest absolute Gasteiger partial charge is 0.279 e. The van der Waals surface area contributed by atoms with Gasteiger partial charge in [-0.05, 0) is 56.2 Å². The van der Waals surface area contributed by atoms with Gasteiger partial charge in [-0.15, -0.1) is 0 Å². The Morgan fingerprint density at radius 2 is 1.85 bits per heavy atom. The van der Waals surface area contributed by atoms with E-state index in [1.165, 1.54) is 0 Å². The second kappa shape index (κ2) is 7.35. The monoisotopic (exact) mass is 356 g/mol. The molecule has 2 amide bonds. The lowest BCUT2D eigenvalue weighted by Crippen LogP contribution is -2.47. The van der Waals surface area contributed by atoms with Crippen molar-refractivity contribution in [2.45, 2.75) is 26.9 Å². The number of hydrogen-bond donors (Lipinski definition) is 2. The van der Waals surface area contributed by atoms with E-state index in [-0.39, 0.29) is 6.79 Å². The van der Waals surface area contributed by atoms with Crippen LogP contribution >= 0.6 is 0 Å². The zero-order chi connectivity index (χ0) is 18.7. The average molecular weight is 356 g/mol. The lowest BCUT2D eigenvalue weighted by Gasteiger charge is -2.17. The van der Waals surface area contributed by atoms with Crippen molar-refractivity contribution in [3.8, 4) is 17.2 Å². The van der Waals surface area contributed by atoms with Gasteiger partial charge >= 0.3 is 0 Å². The Labute approximate surface area is 151 Å². The molecule has 1 aliphatic rings. The van der Waals surface area contributed by atoms with Gasteiger partial charge in [-0.2, -0.15) is 0 Å². The van der Waals surface area contributed by atoms with Crippen LogP contribution in [0.15, 0.2) is 36.4 Å². The van der Waals surface area contributed by atoms with Crippen LogP contribution in [0.4, 0.5) is 0 Å². The Morgan fingerprint density at radius 1 is 1.08 bits per heavy atom. The average Bonchev–Trinajstić information content (AvgIpc) is 3.10. The Hall–Kier alpha value is -3.22. The third-order valence-corrected chi connectivity index (χ3v) is 4.16. The molecule has 1 atom stereocenters. The number of rotatable bonds is 4. The first-order valence-electron chi connectivity index (χ1n) is 8.18. The number of hydrogen-bond acceptors (Lipinski definition) is 5. The Balaban J connectivity index is 1.56. The van der Waals surface area contributed by atoms with E-state index >= 15 is 0 Å². The van der Waals surface area contributed by atoms with Crippen LogP contribution < -0.4 is 25.1 Å². The lowest BCUT2D eigenvalue weighted by molar-refractivity contribution is -0.128. The van der Waals surface area contributed by atoms with Gasteiger partial charge in [0.15, 0.2) is 17.6 Å². The first-order valence-corrected chi connectivity index (χ1v) is 8.18. The molecule has 0 unspecified atom stereocenters. The standard InChI is InChI=1S/C19H20N2O5/c1-11-5-4-6-15(12(11)2)26-13(3)18(22)20-21-19(23)14-7-8-16-17(9-14)25-10-24-16/h4-9,13H,10H2,1-3H3,(H,20,22)(H,21,23)/t13-/m1/s1. The number of aryl methyl sites for hydroxylation is 1. The van der Waals surface area contributed by atoms with Crippen LogP contribution in [0.2, 0.25) is 0 Å². The molecule has 136 valence electrons. The molecule has 2 N–H and O–H groups in total. The highest BCUT2D eigenvalue weighted by Gasteiger charge is 2.19. The first-order chi connectivity index (χ1) is 12.5. The number of nitrogens with one attached hydrogen (secondary N) is 2. The molecule has 0 aromatic heterocycles. The number of benzene rings is 2. The van der Waals surface area contributed by atoms with Gasteiger partial charge in [-0.25, -0.2) is 0 Å². The van der Waals surface area contributed by atoms with Crippen LogP contribution in [0.3, 0.4) is 0 Å². The summed E-state index contributed by atoms with van der Waals surface area (Å²) in [4.78, 5) is 24.3. The summed E-state index contributed by atoms with van der Waals surface area (Å²) in [5.74, 6) is 0.794. The van der Waals surface area contributed by atoms with Gasteiger partial charge in [-0.3, -0.25) is 20.4 Å². The number of carbonyl (C=O) groups excluding carboxylic acids is 2. The quantitative estimate of drug-likeness (QED) is 0.821. The molecule has 7 nitrogen and oxygen atoms in total. The molecule has 0 radical (unpaired) electrons.